The summed E-state index contributed by atoms with van der Waals surface area (Å²) in [7, 11) is 0. The Morgan fingerprint density at radius 3 is 2.91 bits per heavy atom. The van der Waals surface area contributed by atoms with E-state index in [0.717, 1.165) is 0 Å². The molecule has 2 unspecified atom stereocenters. The Balaban J connectivity index is 1.96. The molecule has 1 fully saturated rings. The first-order valence-corrected chi connectivity index (χ1v) is 7.45. The minimum absolute atomic E-state index is 0.0476. The summed E-state index contributed by atoms with van der Waals surface area (Å²) < 4.78 is 12.0. The monoisotopic (exact) mass is 327 g/mol. The lowest BCUT2D eigenvalue weighted by atomic mass is 10.1. The van der Waals surface area contributed by atoms with Gasteiger partial charge < -0.3 is 26.0 Å². The predicted molar refractivity (Wildman–Crippen MR) is 80.0 cm³/mol. The van der Waals surface area contributed by atoms with Gasteiger partial charge in [0.15, 0.2) is 5.82 Å². The van der Waals surface area contributed by atoms with Gasteiger partial charge in [0.25, 0.3) is 0 Å². The van der Waals surface area contributed by atoms with E-state index in [1.807, 2.05) is 13.8 Å². The molecular formula is C14H23N4O5+. The van der Waals surface area contributed by atoms with Crippen molar-refractivity contribution < 1.29 is 23.9 Å². The Kier molecular flexibility index (Phi) is 5.34. The number of carbonyl (C=O) groups is 1. The Bertz CT molecular complexity index is 617. The molecule has 23 heavy (non-hydrogen) atoms. The first kappa shape index (κ1) is 17.4. The standard InChI is InChI=1S/C14H22N4O5/c1-7(2)12(16)13(20)22-6-9-8(19)5-11(23-9)18-4-3-10(15)17-14(18)21/h3-4,7-9,11-12,19H,5-6,16H2,1-2H3,(H2,15,17,21)/p+1/t8-,9?,11-,12?/m0/s1. The predicted octanol–water partition coefficient (Wildman–Crippen LogP) is -1.58. The molecule has 0 radical (unpaired) electrons. The number of hydrogen-bond donors (Lipinski definition) is 4. The van der Waals surface area contributed by atoms with Gasteiger partial charge in [-0.3, -0.25) is 4.79 Å². The molecule has 4 atom stereocenters. The maximum Gasteiger partial charge on any atom is 0.499 e. The van der Waals surface area contributed by atoms with E-state index in [2.05, 4.69) is 4.98 Å². The quantitative estimate of drug-likeness (QED) is 0.377. The van der Waals surface area contributed by atoms with Crippen LogP contribution in [0.4, 0.5) is 5.82 Å². The molecule has 1 aromatic heterocycles. The lowest BCUT2D eigenvalue weighted by molar-refractivity contribution is -0.773. The first-order chi connectivity index (χ1) is 10.8. The second-order valence-corrected chi connectivity index (χ2v) is 5.94. The number of aliphatic hydroxyl groups is 1. The summed E-state index contributed by atoms with van der Waals surface area (Å²) in [6.45, 7) is 3.50. The van der Waals surface area contributed by atoms with Crippen LogP contribution < -0.4 is 21.7 Å². The zero-order valence-electron chi connectivity index (χ0n) is 13.1. The fraction of sp³-hybridized carbons (Fsp3) is 0.643. The van der Waals surface area contributed by atoms with E-state index in [1.54, 1.807) is 0 Å². The van der Waals surface area contributed by atoms with E-state index < -0.39 is 36.1 Å². The van der Waals surface area contributed by atoms with Crippen LogP contribution in [0.3, 0.4) is 0 Å². The second kappa shape index (κ2) is 7.07. The Hall–Kier alpha value is -1.97. The molecule has 0 amide bonds. The minimum Gasteiger partial charge on any atom is -0.462 e. The lowest BCUT2D eigenvalue weighted by Gasteiger charge is -2.18. The molecule has 2 heterocycles. The van der Waals surface area contributed by atoms with Gasteiger partial charge in [0, 0.05) is 12.5 Å². The van der Waals surface area contributed by atoms with Crippen LogP contribution in [-0.4, -0.2) is 40.9 Å². The van der Waals surface area contributed by atoms with Gasteiger partial charge in [-0.1, -0.05) is 13.8 Å². The van der Waals surface area contributed by atoms with Crippen molar-refractivity contribution in [3.63, 3.8) is 0 Å². The SMILES string of the molecule is CC(C)C(N)C(=O)OCC1O[C@H]([n+]2ccc(N)[nH]c2=O)C[C@@H]1O. The summed E-state index contributed by atoms with van der Waals surface area (Å²) in [5.74, 6) is -0.358. The number of hydrogen-bond acceptors (Lipinski definition) is 7. The molecule has 0 saturated carbocycles. The molecule has 0 aromatic carbocycles. The van der Waals surface area contributed by atoms with Gasteiger partial charge in [0.1, 0.15) is 24.9 Å². The minimum atomic E-state index is -0.854. The van der Waals surface area contributed by atoms with Gasteiger partial charge >= 0.3 is 11.7 Å². The van der Waals surface area contributed by atoms with Gasteiger partial charge in [-0.2, -0.15) is 14.3 Å². The number of aliphatic hydroxyl groups excluding tert-OH is 1. The zero-order valence-corrected chi connectivity index (χ0v) is 13.1. The molecule has 0 bridgehead atoms. The summed E-state index contributed by atoms with van der Waals surface area (Å²) in [4.78, 5) is 26.0. The molecule has 1 saturated heterocycles. The second-order valence-electron chi connectivity index (χ2n) is 5.94. The number of nitrogens with two attached hydrogens (primary N) is 2. The molecule has 6 N–H and O–H groups in total. The number of ether oxygens (including phenoxy) is 2. The molecule has 0 spiro atoms. The zero-order chi connectivity index (χ0) is 17.1. The number of nitrogens with zero attached hydrogens (tertiary/aromatic N) is 1. The summed E-state index contributed by atoms with van der Waals surface area (Å²) in [5, 5.41) is 10.0. The van der Waals surface area contributed by atoms with Crippen LogP contribution in [0.15, 0.2) is 17.1 Å². The Morgan fingerprint density at radius 2 is 2.30 bits per heavy atom. The molecule has 1 aromatic rings. The van der Waals surface area contributed by atoms with Crippen molar-refractivity contribution in [2.75, 3.05) is 12.3 Å². The number of nitrogens with one attached hydrogen (secondary N) is 1. The number of aromatic amines is 1. The van der Waals surface area contributed by atoms with E-state index in [1.165, 1.54) is 16.8 Å². The van der Waals surface area contributed by atoms with Crippen molar-refractivity contribution >= 4 is 11.8 Å². The number of H-pyrrole nitrogens is 1. The van der Waals surface area contributed by atoms with E-state index in [-0.39, 0.29) is 24.8 Å². The first-order valence-electron chi connectivity index (χ1n) is 7.45. The fourth-order valence-electron chi connectivity index (χ4n) is 2.25. The third kappa shape index (κ3) is 4.06. The Labute approximate surface area is 133 Å². The average molecular weight is 327 g/mol. The third-order valence-electron chi connectivity index (χ3n) is 3.80. The maximum atomic E-state index is 11.8. The highest BCUT2D eigenvalue weighted by Crippen LogP contribution is 2.24. The fourth-order valence-corrected chi connectivity index (χ4v) is 2.25. The molecular weight excluding hydrogens is 304 g/mol. The summed E-state index contributed by atoms with van der Waals surface area (Å²) in [6, 6.07) is 0.797. The normalized spacial score (nSPS) is 25.5. The van der Waals surface area contributed by atoms with Crippen molar-refractivity contribution in [2.24, 2.45) is 11.7 Å². The van der Waals surface area contributed by atoms with Crippen LogP contribution in [-0.2, 0) is 14.3 Å². The van der Waals surface area contributed by atoms with Gasteiger partial charge in [-0.05, 0) is 5.92 Å². The maximum absolute atomic E-state index is 11.8. The topological polar surface area (TPSA) is 145 Å². The number of esters is 1. The molecule has 128 valence electrons. The lowest BCUT2D eigenvalue weighted by Crippen LogP contribution is -2.54. The average Bonchev–Trinajstić information content (AvgIpc) is 2.84. The van der Waals surface area contributed by atoms with Crippen molar-refractivity contribution in [2.45, 2.75) is 44.7 Å². The van der Waals surface area contributed by atoms with E-state index in [0.29, 0.717) is 0 Å². The molecule has 2 rings (SSSR count). The molecule has 0 aliphatic carbocycles. The number of rotatable bonds is 5. The highest BCUT2D eigenvalue weighted by molar-refractivity contribution is 5.75. The van der Waals surface area contributed by atoms with Gasteiger partial charge in [0.2, 0.25) is 6.23 Å². The van der Waals surface area contributed by atoms with E-state index >= 15 is 0 Å². The summed E-state index contributed by atoms with van der Waals surface area (Å²) >= 11 is 0. The smallest absolute Gasteiger partial charge is 0.462 e. The highest BCUT2D eigenvalue weighted by atomic mass is 16.6. The van der Waals surface area contributed by atoms with Crippen molar-refractivity contribution in [1.82, 2.24) is 4.98 Å². The van der Waals surface area contributed by atoms with Gasteiger partial charge in [-0.15, -0.1) is 0 Å². The van der Waals surface area contributed by atoms with Crippen molar-refractivity contribution in [3.8, 4) is 0 Å². The molecule has 9 nitrogen and oxygen atoms in total. The number of aromatic nitrogens is 2. The largest absolute Gasteiger partial charge is 0.499 e. The van der Waals surface area contributed by atoms with Crippen molar-refractivity contribution in [3.05, 3.63) is 22.7 Å². The van der Waals surface area contributed by atoms with Crippen LogP contribution >= 0.6 is 0 Å². The van der Waals surface area contributed by atoms with E-state index in [9.17, 15) is 14.7 Å². The summed E-state index contributed by atoms with van der Waals surface area (Å²) in [6.07, 6.45) is -0.540. The number of nitrogen functional groups attached to an aromatic ring is 1. The van der Waals surface area contributed by atoms with Crippen LogP contribution in [0.2, 0.25) is 0 Å². The molecule has 9 heteroatoms. The number of anilines is 1. The van der Waals surface area contributed by atoms with Crippen LogP contribution in [0.1, 0.15) is 26.5 Å². The van der Waals surface area contributed by atoms with Crippen LogP contribution in [0.5, 0.6) is 0 Å². The Morgan fingerprint density at radius 1 is 1.61 bits per heavy atom. The van der Waals surface area contributed by atoms with Crippen molar-refractivity contribution in [1.29, 1.82) is 0 Å². The van der Waals surface area contributed by atoms with Crippen LogP contribution in [0, 0.1) is 5.92 Å². The number of carbonyl (C=O) groups excluding carboxylic acids is 1. The molecule has 1 aliphatic heterocycles. The van der Waals surface area contributed by atoms with Gasteiger partial charge in [0.05, 0.1) is 6.10 Å². The molecule has 1 aliphatic rings. The van der Waals surface area contributed by atoms with E-state index in [4.69, 9.17) is 20.9 Å². The summed E-state index contributed by atoms with van der Waals surface area (Å²) in [5.41, 5.74) is 10.7. The van der Waals surface area contributed by atoms with Crippen LogP contribution in [0.25, 0.3) is 0 Å². The third-order valence-corrected chi connectivity index (χ3v) is 3.80. The van der Waals surface area contributed by atoms with Gasteiger partial charge in [-0.25, -0.2) is 0 Å². The highest BCUT2D eigenvalue weighted by Gasteiger charge is 2.39.